The van der Waals surface area contributed by atoms with Gasteiger partial charge in [0.05, 0.1) is 11.6 Å². The van der Waals surface area contributed by atoms with Crippen LogP contribution in [0.3, 0.4) is 0 Å². The Morgan fingerprint density at radius 1 is 1.23 bits per heavy atom. The summed E-state index contributed by atoms with van der Waals surface area (Å²) in [4.78, 5) is 26.3. The molecule has 1 aliphatic rings. The van der Waals surface area contributed by atoms with Gasteiger partial charge in [0.15, 0.2) is 0 Å². The third-order valence-corrected chi connectivity index (χ3v) is 4.01. The molecule has 1 aromatic rings. The third-order valence-electron chi connectivity index (χ3n) is 3.75. The molecule has 0 aliphatic carbocycles. The van der Waals surface area contributed by atoms with Gasteiger partial charge in [-0.05, 0) is 38.5 Å². The minimum atomic E-state index is -0.473. The lowest BCUT2D eigenvalue weighted by Crippen LogP contribution is -2.47. The van der Waals surface area contributed by atoms with Crippen molar-refractivity contribution in [1.82, 2.24) is 15.5 Å². The van der Waals surface area contributed by atoms with Gasteiger partial charge < -0.3 is 15.5 Å². The van der Waals surface area contributed by atoms with E-state index in [-0.39, 0.29) is 11.9 Å². The topological polar surface area (TPSA) is 61.4 Å². The highest BCUT2D eigenvalue weighted by atomic mass is 35.5. The van der Waals surface area contributed by atoms with Crippen molar-refractivity contribution in [3.63, 3.8) is 0 Å². The van der Waals surface area contributed by atoms with Crippen LogP contribution < -0.4 is 10.6 Å². The van der Waals surface area contributed by atoms with Crippen LogP contribution in [-0.2, 0) is 4.79 Å². The zero-order valence-corrected chi connectivity index (χ0v) is 13.7. The number of hydrogen-bond acceptors (Lipinski definition) is 2. The quantitative estimate of drug-likeness (QED) is 0.895. The summed E-state index contributed by atoms with van der Waals surface area (Å²) in [5.74, 6) is -0.0741. The van der Waals surface area contributed by atoms with E-state index in [0.29, 0.717) is 29.4 Å². The number of carbonyl (C=O) groups excluding carboxylic acids is 2. The Kier molecular flexibility index (Phi) is 5.08. The lowest BCUT2D eigenvalue weighted by atomic mass is 9.94. The molecule has 118 valence electrons. The second-order valence-electron chi connectivity index (χ2n) is 5.10. The van der Waals surface area contributed by atoms with Crippen LogP contribution in [0.25, 0.3) is 0 Å². The molecule has 2 N–H and O–H groups in total. The number of carbonyl (C=O) groups is 2. The molecule has 0 bridgehead atoms. The second kappa shape index (κ2) is 6.83. The van der Waals surface area contributed by atoms with Crippen molar-refractivity contribution in [1.29, 1.82) is 0 Å². The zero-order valence-electron chi connectivity index (χ0n) is 12.9. The first-order chi connectivity index (χ1) is 10.5. The van der Waals surface area contributed by atoms with Crippen molar-refractivity contribution in [2.45, 2.75) is 26.8 Å². The summed E-state index contributed by atoms with van der Waals surface area (Å²) in [6.45, 7) is 6.85. The van der Waals surface area contributed by atoms with Crippen LogP contribution in [0.4, 0.5) is 4.79 Å². The molecule has 0 radical (unpaired) electrons. The van der Waals surface area contributed by atoms with E-state index in [1.54, 1.807) is 24.0 Å². The van der Waals surface area contributed by atoms with Gasteiger partial charge in [-0.3, -0.25) is 4.79 Å². The Hall–Kier alpha value is -2.01. The highest BCUT2D eigenvalue weighted by Gasteiger charge is 2.32. The van der Waals surface area contributed by atoms with Crippen molar-refractivity contribution in [3.8, 4) is 0 Å². The number of hydrogen-bond donors (Lipinski definition) is 2. The van der Waals surface area contributed by atoms with Gasteiger partial charge in [0.1, 0.15) is 0 Å². The molecule has 22 heavy (non-hydrogen) atoms. The molecule has 1 aliphatic heterocycles. The van der Waals surface area contributed by atoms with Gasteiger partial charge in [-0.15, -0.1) is 0 Å². The summed E-state index contributed by atoms with van der Waals surface area (Å²) in [7, 11) is 0. The van der Waals surface area contributed by atoms with Crippen LogP contribution in [0.5, 0.6) is 0 Å². The van der Waals surface area contributed by atoms with Crippen LogP contribution in [0.1, 0.15) is 32.4 Å². The number of nitrogens with one attached hydrogen (secondary N) is 2. The number of nitrogens with zero attached hydrogens (tertiary/aromatic N) is 1. The molecule has 0 saturated carbocycles. The number of halogens is 1. The number of rotatable bonds is 4. The molecule has 1 atom stereocenters. The molecule has 0 aromatic heterocycles. The van der Waals surface area contributed by atoms with E-state index < -0.39 is 6.04 Å². The van der Waals surface area contributed by atoms with Gasteiger partial charge in [-0.1, -0.05) is 23.7 Å². The molecule has 3 amide bonds. The normalized spacial score (nSPS) is 17.8. The van der Waals surface area contributed by atoms with Crippen LogP contribution in [0.2, 0.25) is 5.02 Å². The van der Waals surface area contributed by atoms with Crippen molar-refractivity contribution >= 4 is 23.5 Å². The lowest BCUT2D eigenvalue weighted by molar-refractivity contribution is -0.127. The van der Waals surface area contributed by atoms with E-state index >= 15 is 0 Å². The number of likely N-dealkylation sites (N-methyl/N-ethyl adjacent to an activating group) is 1. The average molecular weight is 322 g/mol. The zero-order chi connectivity index (χ0) is 16.3. The predicted octanol–water partition coefficient (Wildman–Crippen LogP) is 2.84. The Balaban J connectivity index is 2.45. The smallest absolute Gasteiger partial charge is 0.319 e. The minimum absolute atomic E-state index is 0.0741. The van der Waals surface area contributed by atoms with Gasteiger partial charge in [-0.2, -0.15) is 0 Å². The highest BCUT2D eigenvalue weighted by molar-refractivity contribution is 6.30. The van der Waals surface area contributed by atoms with E-state index in [2.05, 4.69) is 10.6 Å². The van der Waals surface area contributed by atoms with Gasteiger partial charge >= 0.3 is 6.03 Å². The number of allylic oxidation sites excluding steroid dienone is 1. The summed E-state index contributed by atoms with van der Waals surface area (Å²) in [6, 6.07) is 6.36. The fourth-order valence-corrected chi connectivity index (χ4v) is 2.69. The summed E-state index contributed by atoms with van der Waals surface area (Å²) in [5.41, 5.74) is 1.97. The first-order valence-corrected chi connectivity index (χ1v) is 7.68. The largest absolute Gasteiger partial charge is 0.339 e. The molecule has 1 aromatic carbocycles. The van der Waals surface area contributed by atoms with E-state index in [1.165, 1.54) is 0 Å². The second-order valence-corrected chi connectivity index (χ2v) is 5.54. The third kappa shape index (κ3) is 3.25. The molecule has 6 heteroatoms. The number of benzene rings is 1. The summed E-state index contributed by atoms with van der Waals surface area (Å²) in [5, 5.41) is 6.11. The first kappa shape index (κ1) is 16.4. The Morgan fingerprint density at radius 2 is 1.82 bits per heavy atom. The van der Waals surface area contributed by atoms with E-state index in [9.17, 15) is 9.59 Å². The number of urea groups is 1. The molecule has 0 saturated heterocycles. The van der Waals surface area contributed by atoms with Crippen molar-refractivity contribution in [2.75, 3.05) is 13.1 Å². The molecule has 2 rings (SSSR count). The van der Waals surface area contributed by atoms with Crippen LogP contribution >= 0.6 is 11.6 Å². The standard InChI is InChI=1S/C16H20ClN3O2/c1-4-20(5-2)15(21)13-10(3)18-16(22)19-14(13)11-6-8-12(17)9-7-11/h6-9,14H,4-5H2,1-3H3,(H2,18,19,22)/t14-/m0/s1. The van der Waals surface area contributed by atoms with Crippen LogP contribution in [-0.4, -0.2) is 29.9 Å². The van der Waals surface area contributed by atoms with Crippen molar-refractivity contribution in [3.05, 3.63) is 46.1 Å². The Morgan fingerprint density at radius 3 is 2.36 bits per heavy atom. The van der Waals surface area contributed by atoms with E-state index in [0.717, 1.165) is 5.56 Å². The minimum Gasteiger partial charge on any atom is -0.339 e. The molecule has 1 heterocycles. The molecule has 5 nitrogen and oxygen atoms in total. The molecular formula is C16H20ClN3O2. The van der Waals surface area contributed by atoms with Crippen molar-refractivity contribution < 1.29 is 9.59 Å². The maximum Gasteiger partial charge on any atom is 0.319 e. The van der Waals surface area contributed by atoms with Gasteiger partial charge in [-0.25, -0.2) is 4.79 Å². The summed E-state index contributed by atoms with van der Waals surface area (Å²) < 4.78 is 0. The number of amides is 3. The fraction of sp³-hybridized carbons (Fsp3) is 0.375. The monoisotopic (exact) mass is 321 g/mol. The fourth-order valence-electron chi connectivity index (χ4n) is 2.56. The Labute approximate surface area is 135 Å². The molecule has 0 unspecified atom stereocenters. The SMILES string of the molecule is CCN(CC)C(=O)C1=C(C)NC(=O)N[C@H]1c1ccc(Cl)cc1. The van der Waals surface area contributed by atoms with E-state index in [1.807, 2.05) is 26.0 Å². The van der Waals surface area contributed by atoms with Crippen LogP contribution in [0.15, 0.2) is 35.5 Å². The maximum absolute atomic E-state index is 12.8. The molecular weight excluding hydrogens is 302 g/mol. The first-order valence-electron chi connectivity index (χ1n) is 7.30. The maximum atomic E-state index is 12.8. The van der Waals surface area contributed by atoms with Gasteiger partial charge in [0.2, 0.25) is 0 Å². The summed E-state index contributed by atoms with van der Waals surface area (Å²) >= 11 is 5.92. The average Bonchev–Trinajstić information content (AvgIpc) is 2.48. The predicted molar refractivity (Wildman–Crippen MR) is 86.5 cm³/mol. The lowest BCUT2D eigenvalue weighted by Gasteiger charge is -2.31. The van der Waals surface area contributed by atoms with Gasteiger partial charge in [0, 0.05) is 23.8 Å². The highest BCUT2D eigenvalue weighted by Crippen LogP contribution is 2.28. The van der Waals surface area contributed by atoms with Crippen LogP contribution in [0, 0.1) is 0 Å². The van der Waals surface area contributed by atoms with Crippen molar-refractivity contribution in [2.24, 2.45) is 0 Å². The van der Waals surface area contributed by atoms with E-state index in [4.69, 9.17) is 11.6 Å². The summed E-state index contributed by atoms with van der Waals surface area (Å²) in [6.07, 6.45) is 0. The Bertz CT molecular complexity index is 606. The van der Waals surface area contributed by atoms with Gasteiger partial charge in [0.25, 0.3) is 5.91 Å². The molecule has 0 fully saturated rings. The molecule has 0 spiro atoms.